The molecule has 2 atom stereocenters. The molecule has 0 saturated carbocycles. The van der Waals surface area contributed by atoms with Gasteiger partial charge in [-0.1, -0.05) is 41.9 Å². The molecule has 1 aromatic heterocycles. The van der Waals surface area contributed by atoms with Gasteiger partial charge in [0.1, 0.15) is 11.5 Å². The Morgan fingerprint density at radius 2 is 1.53 bits per heavy atom. The van der Waals surface area contributed by atoms with E-state index in [1.807, 2.05) is 105 Å². The number of sulfone groups is 1. The van der Waals surface area contributed by atoms with E-state index in [4.69, 9.17) is 16.1 Å². The van der Waals surface area contributed by atoms with Crippen LogP contribution in [0, 0.1) is 22.9 Å². The molecule has 5 aromatic carbocycles. The van der Waals surface area contributed by atoms with E-state index in [-0.39, 0.29) is 34.6 Å². The van der Waals surface area contributed by atoms with E-state index in [1.54, 1.807) is 47.6 Å². The average Bonchev–Trinajstić information content (AvgIpc) is 3.66. The van der Waals surface area contributed by atoms with Crippen LogP contribution in [0.3, 0.4) is 0 Å². The van der Waals surface area contributed by atoms with Crippen molar-refractivity contribution in [1.82, 2.24) is 9.47 Å². The number of piperazine rings is 1. The Balaban J connectivity index is 0.998. The Morgan fingerprint density at radius 1 is 0.871 bits per heavy atom. The zero-order chi connectivity index (χ0) is 49.9. The monoisotopic (exact) mass is 1030 g/mol. The van der Waals surface area contributed by atoms with Gasteiger partial charge in [-0.3, -0.25) is 19.3 Å². The van der Waals surface area contributed by atoms with Crippen molar-refractivity contribution in [2.45, 2.75) is 55.5 Å². The minimum Gasteiger partial charge on any atom is -0.376 e. The minimum atomic E-state index is -3.76. The van der Waals surface area contributed by atoms with Gasteiger partial charge in [-0.2, -0.15) is 0 Å². The number of aromatic nitrogens is 1. The van der Waals surface area contributed by atoms with Crippen LogP contribution in [0.25, 0.3) is 22.4 Å². The molecule has 0 radical (unpaired) electrons. The maximum Gasteiger partial charge on any atom is 0.326 e. The summed E-state index contributed by atoms with van der Waals surface area (Å²) >= 11 is 7.96. The lowest BCUT2D eigenvalue weighted by atomic mass is 9.99. The Morgan fingerprint density at radius 3 is 2.16 bits per heavy atom. The summed E-state index contributed by atoms with van der Waals surface area (Å²) in [6, 6.07) is 34.4. The SMILES string of the molecule is Cc1c(S(C)(=O)=O)c(-c2cc(F)cc(N3CCN(c4ccc(N5CCCO[P@]5(=O)c5ccc(N[C@H](CCN(C)C)CSc6ccccc6)c([N+](=O)[O-])c5)cc4)CC3)c2)c(-c2ccc(Cl)cc2)n1C(C)C. The van der Waals surface area contributed by atoms with Crippen molar-refractivity contribution in [2.75, 3.05) is 91.8 Å². The fraction of sp³-hybridized carbons (Fsp3) is 0.346. The summed E-state index contributed by atoms with van der Waals surface area (Å²) < 4.78 is 67.7. The summed E-state index contributed by atoms with van der Waals surface area (Å²) in [5.74, 6) is 0.226. The molecule has 2 aliphatic rings. The minimum absolute atomic E-state index is 0.0729. The van der Waals surface area contributed by atoms with Gasteiger partial charge in [0.05, 0.1) is 27.4 Å². The zero-order valence-corrected chi connectivity index (χ0v) is 43.6. The van der Waals surface area contributed by atoms with Crippen LogP contribution in [-0.2, 0) is 18.9 Å². The Labute approximate surface area is 420 Å². The Hall–Kier alpha value is -5.35. The first kappa shape index (κ1) is 51.0. The molecule has 2 fully saturated rings. The van der Waals surface area contributed by atoms with E-state index >= 15 is 4.39 Å². The van der Waals surface area contributed by atoms with Crippen LogP contribution < -0.4 is 25.1 Å². The van der Waals surface area contributed by atoms with E-state index in [1.165, 1.54) is 24.5 Å². The smallest absolute Gasteiger partial charge is 0.326 e. The number of thioether (sulfide) groups is 1. The fourth-order valence-electron chi connectivity index (χ4n) is 9.52. The zero-order valence-electron chi connectivity index (χ0n) is 40.3. The lowest BCUT2D eigenvalue weighted by Crippen LogP contribution is -2.46. The van der Waals surface area contributed by atoms with E-state index < -0.39 is 28.1 Å². The van der Waals surface area contributed by atoms with Gasteiger partial charge in [-0.05, 0) is 144 Å². The normalized spacial score (nSPS) is 17.1. The van der Waals surface area contributed by atoms with Gasteiger partial charge < -0.3 is 29.1 Å². The van der Waals surface area contributed by atoms with Crippen LogP contribution in [0.2, 0.25) is 5.02 Å². The summed E-state index contributed by atoms with van der Waals surface area (Å²) in [7, 11) is -3.51. The molecule has 0 aliphatic carbocycles. The van der Waals surface area contributed by atoms with Crippen molar-refractivity contribution in [3.63, 3.8) is 0 Å². The van der Waals surface area contributed by atoms with Gasteiger partial charge in [-0.25, -0.2) is 12.8 Å². The lowest BCUT2D eigenvalue weighted by molar-refractivity contribution is -0.383. The summed E-state index contributed by atoms with van der Waals surface area (Å²) in [4.78, 5) is 19.9. The molecule has 8 rings (SSSR count). The number of benzene rings is 5. The highest BCUT2D eigenvalue weighted by atomic mass is 35.5. The van der Waals surface area contributed by atoms with Crippen molar-refractivity contribution >= 4 is 74.5 Å². The third-order valence-electron chi connectivity index (χ3n) is 12.8. The molecule has 2 saturated heterocycles. The molecule has 70 heavy (non-hydrogen) atoms. The first-order valence-corrected chi connectivity index (χ1v) is 28.3. The molecule has 0 unspecified atom stereocenters. The van der Waals surface area contributed by atoms with Crippen molar-refractivity contribution in [2.24, 2.45) is 0 Å². The van der Waals surface area contributed by atoms with Crippen molar-refractivity contribution in [1.29, 1.82) is 0 Å². The number of hydrogen-bond donors (Lipinski definition) is 1. The van der Waals surface area contributed by atoms with Gasteiger partial charge in [0.15, 0.2) is 9.84 Å². The number of nitrogens with one attached hydrogen (secondary N) is 1. The van der Waals surface area contributed by atoms with Crippen LogP contribution in [-0.4, -0.2) is 101 Å². The van der Waals surface area contributed by atoms with Gasteiger partial charge in [0, 0.05) is 101 Å². The molecule has 1 N–H and O–H groups in total. The maximum absolute atomic E-state index is 15.8. The number of anilines is 4. The van der Waals surface area contributed by atoms with E-state index in [9.17, 15) is 23.1 Å². The third-order valence-corrected chi connectivity index (χ3v) is 18.0. The molecule has 0 spiro atoms. The highest BCUT2D eigenvalue weighted by molar-refractivity contribution is 7.99. The van der Waals surface area contributed by atoms with Gasteiger partial charge in [0.2, 0.25) is 0 Å². The highest BCUT2D eigenvalue weighted by Crippen LogP contribution is 2.55. The van der Waals surface area contributed by atoms with Gasteiger partial charge in [0.25, 0.3) is 5.69 Å². The predicted octanol–water partition coefficient (Wildman–Crippen LogP) is 11.4. The second-order valence-electron chi connectivity index (χ2n) is 18.4. The lowest BCUT2D eigenvalue weighted by Gasteiger charge is -2.38. The molecule has 2 aliphatic heterocycles. The average molecular weight is 1030 g/mol. The van der Waals surface area contributed by atoms with E-state index in [0.29, 0.717) is 89.5 Å². The molecule has 3 heterocycles. The van der Waals surface area contributed by atoms with Gasteiger partial charge >= 0.3 is 7.52 Å². The molecule has 6 aromatic rings. The third kappa shape index (κ3) is 11.2. The number of nitro groups is 1. The van der Waals surface area contributed by atoms with Crippen LogP contribution in [0.1, 0.15) is 38.4 Å². The second-order valence-corrected chi connectivity index (χ2v) is 24.2. The Kier molecular flexibility index (Phi) is 15.7. The van der Waals surface area contributed by atoms with Crippen LogP contribution in [0.15, 0.2) is 125 Å². The summed E-state index contributed by atoms with van der Waals surface area (Å²) in [5.41, 5.74) is 5.45. The maximum atomic E-state index is 15.8. The molecule has 0 bridgehead atoms. The Bertz CT molecular complexity index is 2990. The fourth-order valence-corrected chi connectivity index (χ4v) is 14.2. The largest absolute Gasteiger partial charge is 0.376 e. The molecule has 0 amide bonds. The number of nitro benzene ring substituents is 1. The van der Waals surface area contributed by atoms with Gasteiger partial charge in [-0.15, -0.1) is 11.8 Å². The molecular weight excluding hydrogens is 968 g/mol. The van der Waals surface area contributed by atoms with E-state index in [2.05, 4.69) is 20.0 Å². The molecular formula is C52H60ClFN7O6PS2. The molecule has 18 heteroatoms. The van der Waals surface area contributed by atoms with Crippen molar-refractivity contribution in [3.05, 3.63) is 142 Å². The number of halogens is 2. The predicted molar refractivity (Wildman–Crippen MR) is 285 cm³/mol. The quantitative estimate of drug-likeness (QED) is 0.0403. The second kappa shape index (κ2) is 21.6. The number of hydrogen-bond acceptors (Lipinski definition) is 11. The molecule has 13 nitrogen and oxygen atoms in total. The van der Waals surface area contributed by atoms with Crippen molar-refractivity contribution < 1.29 is 26.8 Å². The van der Waals surface area contributed by atoms with Crippen LogP contribution >= 0.6 is 30.9 Å². The topological polar surface area (TPSA) is 134 Å². The number of nitrogens with zero attached hydrogens (tertiary/aromatic N) is 6. The standard InChI is InChI=1S/C52H60ClFN7O6PS2/c1-36(2)60-37(3)52(70(6,65)66)50(51(60)38-13-15-40(53)16-14-38)39-31-41(54)33-45(32-39)58-28-26-57(27-29-58)43-17-19-44(20-18-43)59-24-10-30-67-68(59,64)46-21-22-48(49(34-46)61(62)63)55-42(23-25-56(4)5)35-69-47-11-8-7-9-12-47/h7-9,11-22,31-34,36,42,55H,10,23-30,35H2,1-6H3/t42-,68-/m1/s1. The summed E-state index contributed by atoms with van der Waals surface area (Å²) in [6.07, 6.45) is 2.59. The van der Waals surface area contributed by atoms with E-state index in [0.717, 1.165) is 29.1 Å². The molecule has 370 valence electrons. The highest BCUT2D eigenvalue weighted by Gasteiger charge is 2.39. The first-order valence-electron chi connectivity index (χ1n) is 23.4. The van der Waals surface area contributed by atoms with Crippen LogP contribution in [0.5, 0.6) is 0 Å². The summed E-state index contributed by atoms with van der Waals surface area (Å²) in [6.45, 7) is 9.66. The van der Waals surface area contributed by atoms with Crippen LogP contribution in [0.4, 0.5) is 32.8 Å². The first-order chi connectivity index (χ1) is 33.4. The number of rotatable bonds is 17. The summed E-state index contributed by atoms with van der Waals surface area (Å²) in [5, 5.41) is 16.9. The van der Waals surface area contributed by atoms with Crippen molar-refractivity contribution in [3.8, 4) is 22.4 Å².